The van der Waals surface area contributed by atoms with E-state index >= 15 is 0 Å². The Hall–Kier alpha value is 0.467. The third kappa shape index (κ3) is 3.24. The van der Waals surface area contributed by atoms with Crippen molar-refractivity contribution in [3.05, 3.63) is 0 Å². The standard InChI is InChI=1S/C10H19NO3S.Li/c12-15(13,14)11(9-5-1-2-6-9)10-7-3-4-8-10;/h9-10H,1-8H2,(H,12,13,14);/q;+1/p-1. The molecule has 2 aliphatic rings. The van der Waals surface area contributed by atoms with Crippen molar-refractivity contribution in [1.29, 1.82) is 0 Å². The summed E-state index contributed by atoms with van der Waals surface area (Å²) in [5.41, 5.74) is 0. The normalized spacial score (nSPS) is 23.9. The molecule has 0 radical (unpaired) electrons. The van der Waals surface area contributed by atoms with E-state index in [4.69, 9.17) is 0 Å². The molecule has 0 atom stereocenters. The van der Waals surface area contributed by atoms with Gasteiger partial charge < -0.3 is 4.55 Å². The van der Waals surface area contributed by atoms with Gasteiger partial charge in [0.05, 0.1) is 0 Å². The van der Waals surface area contributed by atoms with E-state index in [1.165, 1.54) is 4.31 Å². The first-order chi connectivity index (χ1) is 7.09. The van der Waals surface area contributed by atoms with Crippen LogP contribution in [0.25, 0.3) is 0 Å². The largest absolute Gasteiger partial charge is 1.00 e. The molecule has 0 saturated heterocycles. The summed E-state index contributed by atoms with van der Waals surface area (Å²) < 4.78 is 35.1. The fraction of sp³-hybridized carbons (Fsp3) is 1.00. The maximum absolute atomic E-state index is 11.3. The molecule has 0 amide bonds. The molecule has 88 valence electrons. The Labute approximate surface area is 110 Å². The van der Waals surface area contributed by atoms with Gasteiger partial charge in [-0.05, 0) is 25.7 Å². The third-order valence-electron chi connectivity index (χ3n) is 3.63. The van der Waals surface area contributed by atoms with E-state index < -0.39 is 10.3 Å². The summed E-state index contributed by atoms with van der Waals surface area (Å²) in [6.07, 6.45) is 7.73. The van der Waals surface area contributed by atoms with Gasteiger partial charge >= 0.3 is 18.9 Å². The molecule has 2 saturated carbocycles. The van der Waals surface area contributed by atoms with Gasteiger partial charge in [-0.2, -0.15) is 0 Å². The van der Waals surface area contributed by atoms with Crippen molar-refractivity contribution in [3.8, 4) is 0 Å². The molecule has 2 aliphatic carbocycles. The summed E-state index contributed by atoms with van der Waals surface area (Å²) >= 11 is 0. The van der Waals surface area contributed by atoms with Crippen LogP contribution < -0.4 is 18.9 Å². The second-order valence-electron chi connectivity index (χ2n) is 4.66. The topological polar surface area (TPSA) is 60.4 Å². The summed E-state index contributed by atoms with van der Waals surface area (Å²) in [5, 5.41) is 0. The van der Waals surface area contributed by atoms with Crippen LogP contribution in [0.4, 0.5) is 0 Å². The zero-order chi connectivity index (χ0) is 10.9. The molecule has 0 unspecified atom stereocenters. The average Bonchev–Trinajstić information content (AvgIpc) is 2.73. The van der Waals surface area contributed by atoms with Crippen LogP contribution in [-0.4, -0.2) is 29.4 Å². The number of hydrogen-bond donors (Lipinski definition) is 0. The molecule has 4 nitrogen and oxygen atoms in total. The van der Waals surface area contributed by atoms with Gasteiger partial charge in [-0.15, -0.1) is 0 Å². The van der Waals surface area contributed by atoms with E-state index in [-0.39, 0.29) is 30.9 Å². The number of hydrogen-bond acceptors (Lipinski definition) is 3. The molecule has 0 aromatic carbocycles. The van der Waals surface area contributed by atoms with E-state index in [1.54, 1.807) is 0 Å². The second-order valence-corrected chi connectivity index (χ2v) is 5.94. The molecule has 0 aromatic heterocycles. The van der Waals surface area contributed by atoms with Gasteiger partial charge in [0.1, 0.15) is 0 Å². The molecule has 6 heteroatoms. The molecular weight excluding hydrogens is 221 g/mol. The van der Waals surface area contributed by atoms with Gasteiger partial charge in [-0.1, -0.05) is 25.7 Å². The van der Waals surface area contributed by atoms with Crippen LogP contribution in [0.15, 0.2) is 0 Å². The number of rotatable bonds is 3. The second kappa shape index (κ2) is 5.88. The van der Waals surface area contributed by atoms with Gasteiger partial charge in [-0.3, -0.25) is 0 Å². The van der Waals surface area contributed by atoms with E-state index in [1.807, 2.05) is 0 Å². The van der Waals surface area contributed by atoms with Crippen molar-refractivity contribution in [2.45, 2.75) is 63.5 Å². The summed E-state index contributed by atoms with van der Waals surface area (Å²) in [4.78, 5) is 0. The zero-order valence-corrected chi connectivity index (χ0v) is 10.7. The van der Waals surface area contributed by atoms with Gasteiger partial charge in [0.25, 0.3) is 0 Å². The molecule has 16 heavy (non-hydrogen) atoms. The Morgan fingerprint density at radius 2 is 1.19 bits per heavy atom. The molecule has 0 heterocycles. The van der Waals surface area contributed by atoms with Crippen LogP contribution in [0.3, 0.4) is 0 Å². The smallest absolute Gasteiger partial charge is 0.735 e. The van der Waals surface area contributed by atoms with Crippen LogP contribution in [0.1, 0.15) is 51.4 Å². The predicted octanol–water partition coefficient (Wildman–Crippen LogP) is -1.36. The van der Waals surface area contributed by atoms with E-state index in [0.29, 0.717) is 0 Å². The molecule has 0 bridgehead atoms. The van der Waals surface area contributed by atoms with E-state index in [9.17, 15) is 13.0 Å². The Morgan fingerprint density at radius 3 is 1.44 bits per heavy atom. The van der Waals surface area contributed by atoms with Crippen LogP contribution >= 0.6 is 0 Å². The summed E-state index contributed by atoms with van der Waals surface area (Å²) in [6, 6.07) is -0.00815. The summed E-state index contributed by atoms with van der Waals surface area (Å²) in [5.74, 6) is 0. The summed E-state index contributed by atoms with van der Waals surface area (Å²) in [6.45, 7) is 0. The molecule has 2 fully saturated rings. The first-order valence-electron chi connectivity index (χ1n) is 5.83. The zero-order valence-electron chi connectivity index (χ0n) is 9.89. The van der Waals surface area contributed by atoms with Gasteiger partial charge in [0.2, 0.25) is 0 Å². The van der Waals surface area contributed by atoms with Gasteiger partial charge in [-0.25, -0.2) is 12.7 Å². The fourth-order valence-electron chi connectivity index (χ4n) is 2.98. The van der Waals surface area contributed by atoms with Crippen molar-refractivity contribution in [2.24, 2.45) is 0 Å². The van der Waals surface area contributed by atoms with Crippen molar-refractivity contribution in [3.63, 3.8) is 0 Å². The van der Waals surface area contributed by atoms with Crippen LogP contribution in [0.2, 0.25) is 0 Å². The molecule has 0 aromatic rings. The monoisotopic (exact) mass is 239 g/mol. The van der Waals surface area contributed by atoms with Gasteiger partial charge in [0, 0.05) is 12.1 Å². The Bertz CT molecular complexity index is 292. The average molecular weight is 239 g/mol. The molecule has 0 aliphatic heterocycles. The van der Waals surface area contributed by atoms with Gasteiger partial charge in [0.15, 0.2) is 10.3 Å². The third-order valence-corrected chi connectivity index (χ3v) is 4.74. The van der Waals surface area contributed by atoms with Crippen LogP contribution in [-0.2, 0) is 10.3 Å². The first kappa shape index (κ1) is 14.5. The first-order valence-corrected chi connectivity index (χ1v) is 7.20. The van der Waals surface area contributed by atoms with Crippen molar-refractivity contribution in [2.75, 3.05) is 0 Å². The predicted molar refractivity (Wildman–Crippen MR) is 56.0 cm³/mol. The minimum absolute atomic E-state index is 0. The molecular formula is C10H18LiNO3S. The van der Waals surface area contributed by atoms with Crippen molar-refractivity contribution >= 4 is 10.3 Å². The van der Waals surface area contributed by atoms with E-state index in [2.05, 4.69) is 0 Å². The SMILES string of the molecule is O=S(=O)([O-])N(C1CCCC1)C1CCCC1.[Li+]. The molecule has 0 N–H and O–H groups in total. The van der Waals surface area contributed by atoms with Crippen molar-refractivity contribution in [1.82, 2.24) is 4.31 Å². The molecule has 2 rings (SSSR count). The Morgan fingerprint density at radius 1 is 0.875 bits per heavy atom. The number of nitrogens with zero attached hydrogens (tertiary/aromatic N) is 1. The fourth-order valence-corrected chi connectivity index (χ4v) is 4.13. The minimum atomic E-state index is -4.25. The Kier molecular flexibility index (Phi) is 5.34. The Balaban J connectivity index is 0.00000128. The summed E-state index contributed by atoms with van der Waals surface area (Å²) in [7, 11) is -4.25. The van der Waals surface area contributed by atoms with Crippen LogP contribution in [0, 0.1) is 0 Å². The maximum atomic E-state index is 11.3. The maximum Gasteiger partial charge on any atom is 1.00 e. The quantitative estimate of drug-likeness (QED) is 0.451. The minimum Gasteiger partial charge on any atom is -0.735 e. The van der Waals surface area contributed by atoms with Crippen LogP contribution in [0.5, 0.6) is 0 Å². The van der Waals surface area contributed by atoms with Crippen molar-refractivity contribution < 1.29 is 31.8 Å². The van der Waals surface area contributed by atoms with E-state index in [0.717, 1.165) is 51.4 Å². The molecule has 0 spiro atoms.